The fourth-order valence-electron chi connectivity index (χ4n) is 2.87. The third kappa shape index (κ3) is 3.87. The summed E-state index contributed by atoms with van der Waals surface area (Å²) in [6, 6.07) is 7.83. The third-order valence-corrected chi connectivity index (χ3v) is 4.17. The first-order valence-electron chi connectivity index (χ1n) is 8.17. The highest BCUT2D eigenvalue weighted by Gasteiger charge is 2.30. The predicted octanol–water partition coefficient (Wildman–Crippen LogP) is 2.51. The van der Waals surface area contributed by atoms with E-state index in [2.05, 4.69) is 17.4 Å². The van der Waals surface area contributed by atoms with Gasteiger partial charge in [0.1, 0.15) is 6.04 Å². The summed E-state index contributed by atoms with van der Waals surface area (Å²) in [5.74, 6) is 0.0893. The molecule has 0 saturated carbocycles. The Balaban J connectivity index is 2.07. The summed E-state index contributed by atoms with van der Waals surface area (Å²) in [5.41, 5.74) is 2.53. The maximum Gasteiger partial charge on any atom is 0.245 e. The number of hydrogen-bond acceptors (Lipinski definition) is 2. The lowest BCUT2D eigenvalue weighted by atomic mass is 9.97. The molecule has 1 aromatic carbocycles. The zero-order chi connectivity index (χ0) is 16.1. The first-order valence-corrected chi connectivity index (χ1v) is 8.17. The molecule has 1 atom stereocenters. The van der Waals surface area contributed by atoms with Gasteiger partial charge in [-0.15, -0.1) is 0 Å². The van der Waals surface area contributed by atoms with Crippen LogP contribution in [0.25, 0.3) is 0 Å². The Labute approximate surface area is 132 Å². The van der Waals surface area contributed by atoms with Crippen molar-refractivity contribution in [1.29, 1.82) is 0 Å². The number of hydrogen-bond donors (Lipinski definition) is 1. The van der Waals surface area contributed by atoms with Crippen molar-refractivity contribution in [1.82, 2.24) is 10.2 Å². The highest BCUT2D eigenvalue weighted by molar-refractivity contribution is 5.88. The predicted molar refractivity (Wildman–Crippen MR) is 87.2 cm³/mol. The molecule has 1 aliphatic heterocycles. The standard InChI is InChI=1S/C18H26N2O2/c1-4-7-16(21)19-17(13(2)3)18(22)20-11-10-14-8-5-6-9-15(14)12-20/h5-6,8-9,13,17H,4,7,10-12H2,1-3H3,(H,19,21)/t17-/m1/s1. The zero-order valence-electron chi connectivity index (χ0n) is 13.8. The molecule has 0 fully saturated rings. The maximum atomic E-state index is 12.8. The summed E-state index contributed by atoms with van der Waals surface area (Å²) in [6.07, 6.45) is 2.15. The van der Waals surface area contributed by atoms with Gasteiger partial charge < -0.3 is 10.2 Å². The largest absolute Gasteiger partial charge is 0.344 e. The van der Waals surface area contributed by atoms with Crippen LogP contribution < -0.4 is 5.32 Å². The molecule has 0 unspecified atom stereocenters. The van der Waals surface area contributed by atoms with Gasteiger partial charge in [0.15, 0.2) is 0 Å². The second-order valence-corrected chi connectivity index (χ2v) is 6.32. The van der Waals surface area contributed by atoms with E-state index in [1.54, 1.807) is 0 Å². The summed E-state index contributed by atoms with van der Waals surface area (Å²) in [5, 5.41) is 2.91. The van der Waals surface area contributed by atoms with Gasteiger partial charge in [-0.1, -0.05) is 45.0 Å². The van der Waals surface area contributed by atoms with Crippen LogP contribution in [0.4, 0.5) is 0 Å². The number of benzene rings is 1. The van der Waals surface area contributed by atoms with E-state index in [0.29, 0.717) is 13.0 Å². The normalized spacial score (nSPS) is 15.4. The summed E-state index contributed by atoms with van der Waals surface area (Å²) < 4.78 is 0. The number of carbonyl (C=O) groups is 2. The lowest BCUT2D eigenvalue weighted by Gasteiger charge is -2.33. The van der Waals surface area contributed by atoms with E-state index in [4.69, 9.17) is 0 Å². The lowest BCUT2D eigenvalue weighted by Crippen LogP contribution is -2.52. The SMILES string of the molecule is CCCC(=O)N[C@@H](C(=O)N1CCc2ccccc2C1)C(C)C. The Bertz CT molecular complexity index is 540. The van der Waals surface area contributed by atoms with E-state index >= 15 is 0 Å². The fourth-order valence-corrected chi connectivity index (χ4v) is 2.87. The number of fused-ring (bicyclic) bond motifs is 1. The molecule has 2 amide bonds. The minimum atomic E-state index is -0.427. The summed E-state index contributed by atoms with van der Waals surface area (Å²) >= 11 is 0. The van der Waals surface area contributed by atoms with Gasteiger partial charge in [0.05, 0.1) is 0 Å². The van der Waals surface area contributed by atoms with Crippen LogP contribution in [0.2, 0.25) is 0 Å². The van der Waals surface area contributed by atoms with Crippen molar-refractivity contribution >= 4 is 11.8 Å². The smallest absolute Gasteiger partial charge is 0.245 e. The molecule has 22 heavy (non-hydrogen) atoms. The molecular weight excluding hydrogens is 276 g/mol. The average Bonchev–Trinajstić information content (AvgIpc) is 2.51. The van der Waals surface area contributed by atoms with Crippen LogP contribution in [-0.4, -0.2) is 29.3 Å². The van der Waals surface area contributed by atoms with E-state index in [0.717, 1.165) is 19.4 Å². The van der Waals surface area contributed by atoms with E-state index in [-0.39, 0.29) is 17.7 Å². The van der Waals surface area contributed by atoms with Crippen molar-refractivity contribution in [2.45, 2.75) is 52.6 Å². The molecule has 0 aromatic heterocycles. The first kappa shape index (κ1) is 16.5. The highest BCUT2D eigenvalue weighted by atomic mass is 16.2. The van der Waals surface area contributed by atoms with E-state index in [1.807, 2.05) is 37.8 Å². The molecule has 1 aliphatic rings. The second kappa shape index (κ2) is 7.43. The molecule has 2 rings (SSSR count). The molecule has 0 aliphatic carbocycles. The monoisotopic (exact) mass is 302 g/mol. The lowest BCUT2D eigenvalue weighted by molar-refractivity contribution is -0.138. The van der Waals surface area contributed by atoms with Gasteiger partial charge in [-0.3, -0.25) is 9.59 Å². The van der Waals surface area contributed by atoms with Gasteiger partial charge in [-0.2, -0.15) is 0 Å². The Hall–Kier alpha value is -1.84. The minimum absolute atomic E-state index is 0.0352. The summed E-state index contributed by atoms with van der Waals surface area (Å²) in [6.45, 7) is 7.29. The topological polar surface area (TPSA) is 49.4 Å². The van der Waals surface area contributed by atoms with Crippen molar-refractivity contribution < 1.29 is 9.59 Å². The van der Waals surface area contributed by atoms with E-state index in [9.17, 15) is 9.59 Å². The number of carbonyl (C=O) groups excluding carboxylic acids is 2. The number of amides is 2. The molecule has 120 valence electrons. The van der Waals surface area contributed by atoms with Gasteiger partial charge >= 0.3 is 0 Å². The van der Waals surface area contributed by atoms with Crippen LogP contribution in [0.15, 0.2) is 24.3 Å². The van der Waals surface area contributed by atoms with Crippen molar-refractivity contribution in [3.05, 3.63) is 35.4 Å². The van der Waals surface area contributed by atoms with Crippen LogP contribution in [0.1, 0.15) is 44.7 Å². The van der Waals surface area contributed by atoms with Crippen molar-refractivity contribution in [2.24, 2.45) is 5.92 Å². The maximum absolute atomic E-state index is 12.8. The third-order valence-electron chi connectivity index (χ3n) is 4.17. The van der Waals surface area contributed by atoms with E-state index < -0.39 is 6.04 Å². The van der Waals surface area contributed by atoms with Gasteiger partial charge in [0, 0.05) is 19.5 Å². The minimum Gasteiger partial charge on any atom is -0.344 e. The van der Waals surface area contributed by atoms with Crippen molar-refractivity contribution in [2.75, 3.05) is 6.54 Å². The Kier molecular flexibility index (Phi) is 5.58. The number of nitrogens with one attached hydrogen (secondary N) is 1. The first-order chi connectivity index (χ1) is 10.5. The quantitative estimate of drug-likeness (QED) is 0.908. The molecule has 1 N–H and O–H groups in total. The number of nitrogens with zero attached hydrogens (tertiary/aromatic N) is 1. The van der Waals surface area contributed by atoms with Crippen LogP contribution in [-0.2, 0) is 22.6 Å². The molecule has 0 saturated heterocycles. The average molecular weight is 302 g/mol. The summed E-state index contributed by atoms with van der Waals surface area (Å²) in [4.78, 5) is 26.5. The van der Waals surface area contributed by atoms with Crippen molar-refractivity contribution in [3.8, 4) is 0 Å². The van der Waals surface area contributed by atoms with Gasteiger partial charge in [0.25, 0.3) is 0 Å². The van der Waals surface area contributed by atoms with Gasteiger partial charge in [-0.25, -0.2) is 0 Å². The molecular formula is C18H26N2O2. The van der Waals surface area contributed by atoms with Gasteiger partial charge in [0.2, 0.25) is 11.8 Å². The van der Waals surface area contributed by atoms with Gasteiger partial charge in [-0.05, 0) is 29.9 Å². The van der Waals surface area contributed by atoms with E-state index in [1.165, 1.54) is 11.1 Å². The highest BCUT2D eigenvalue weighted by Crippen LogP contribution is 2.20. The number of rotatable bonds is 5. The summed E-state index contributed by atoms with van der Waals surface area (Å²) in [7, 11) is 0. The molecule has 1 aromatic rings. The fraction of sp³-hybridized carbons (Fsp3) is 0.556. The van der Waals surface area contributed by atoms with Crippen LogP contribution in [0.5, 0.6) is 0 Å². The molecule has 4 nitrogen and oxygen atoms in total. The Morgan fingerprint density at radius 2 is 1.91 bits per heavy atom. The zero-order valence-corrected chi connectivity index (χ0v) is 13.8. The second-order valence-electron chi connectivity index (χ2n) is 6.32. The van der Waals surface area contributed by atoms with Crippen LogP contribution in [0.3, 0.4) is 0 Å². The van der Waals surface area contributed by atoms with Crippen LogP contribution >= 0.6 is 0 Å². The van der Waals surface area contributed by atoms with Crippen LogP contribution in [0, 0.1) is 5.92 Å². The molecule has 0 bridgehead atoms. The Morgan fingerprint density at radius 1 is 1.23 bits per heavy atom. The van der Waals surface area contributed by atoms with Crippen molar-refractivity contribution in [3.63, 3.8) is 0 Å². The molecule has 0 radical (unpaired) electrons. The molecule has 0 spiro atoms. The molecule has 1 heterocycles. The molecule has 4 heteroatoms. The Morgan fingerprint density at radius 3 is 2.55 bits per heavy atom.